The third-order valence-electron chi connectivity index (χ3n) is 3.20. The van der Waals surface area contributed by atoms with Crippen molar-refractivity contribution in [1.29, 1.82) is 0 Å². The number of hydrogen-bond donors (Lipinski definition) is 1. The molecule has 0 spiro atoms. The quantitative estimate of drug-likeness (QED) is 0.881. The van der Waals surface area contributed by atoms with E-state index in [1.165, 1.54) is 12.8 Å². The fourth-order valence-corrected chi connectivity index (χ4v) is 1.90. The van der Waals surface area contributed by atoms with E-state index < -0.39 is 0 Å². The summed E-state index contributed by atoms with van der Waals surface area (Å²) in [7, 11) is 0. The first-order valence-corrected chi connectivity index (χ1v) is 6.53. The van der Waals surface area contributed by atoms with Gasteiger partial charge < -0.3 is 5.32 Å². The molecule has 0 radical (unpaired) electrons. The second-order valence-corrected chi connectivity index (χ2v) is 4.91. The molecule has 5 heteroatoms. The van der Waals surface area contributed by atoms with Crippen LogP contribution in [0.1, 0.15) is 12.8 Å². The van der Waals surface area contributed by atoms with Crippen molar-refractivity contribution in [2.75, 3.05) is 6.54 Å². The Morgan fingerprint density at radius 1 is 1.32 bits per heavy atom. The van der Waals surface area contributed by atoms with Crippen molar-refractivity contribution in [3.8, 4) is 11.3 Å². The predicted octanol–water partition coefficient (Wildman–Crippen LogP) is 1.47. The fraction of sp³-hybridized carbons (Fsp3) is 0.357. The number of hydrogen-bond acceptors (Lipinski definition) is 3. The van der Waals surface area contributed by atoms with Gasteiger partial charge in [0.1, 0.15) is 12.2 Å². The second kappa shape index (κ2) is 5.22. The minimum absolute atomic E-state index is 0.00332. The molecule has 1 heterocycles. The molecule has 1 N–H and O–H groups in total. The van der Waals surface area contributed by atoms with E-state index in [0.29, 0.717) is 5.92 Å². The van der Waals surface area contributed by atoms with E-state index in [-0.39, 0.29) is 12.5 Å². The first-order valence-electron chi connectivity index (χ1n) is 6.53. The molecule has 0 unspecified atom stereocenters. The average Bonchev–Trinajstić information content (AvgIpc) is 3.16. The van der Waals surface area contributed by atoms with Gasteiger partial charge in [0.05, 0.1) is 6.20 Å². The van der Waals surface area contributed by atoms with Gasteiger partial charge in [-0.2, -0.15) is 0 Å². The van der Waals surface area contributed by atoms with Gasteiger partial charge in [0.2, 0.25) is 5.91 Å². The number of aromatic nitrogens is 3. The number of nitrogens with zero attached hydrogens (tertiary/aromatic N) is 3. The molecule has 19 heavy (non-hydrogen) atoms. The van der Waals surface area contributed by atoms with Gasteiger partial charge in [0.15, 0.2) is 0 Å². The Morgan fingerprint density at radius 2 is 2.11 bits per heavy atom. The maximum atomic E-state index is 11.7. The fourth-order valence-electron chi connectivity index (χ4n) is 1.90. The van der Waals surface area contributed by atoms with E-state index >= 15 is 0 Å². The third-order valence-corrected chi connectivity index (χ3v) is 3.20. The summed E-state index contributed by atoms with van der Waals surface area (Å²) >= 11 is 0. The lowest BCUT2D eigenvalue weighted by atomic mass is 10.2. The zero-order chi connectivity index (χ0) is 13.1. The van der Waals surface area contributed by atoms with Crippen molar-refractivity contribution in [3.05, 3.63) is 36.5 Å². The standard InChI is InChI=1S/C14H16N4O/c19-14(15-8-11-6-7-11)10-18-9-13(16-17-18)12-4-2-1-3-5-12/h1-5,9,11H,6-8,10H2,(H,15,19). The summed E-state index contributed by atoms with van der Waals surface area (Å²) < 4.78 is 1.57. The van der Waals surface area contributed by atoms with E-state index in [9.17, 15) is 4.79 Å². The Hall–Kier alpha value is -2.17. The number of benzene rings is 1. The average molecular weight is 256 g/mol. The zero-order valence-electron chi connectivity index (χ0n) is 10.6. The van der Waals surface area contributed by atoms with Crippen LogP contribution < -0.4 is 5.32 Å². The van der Waals surface area contributed by atoms with Crippen molar-refractivity contribution < 1.29 is 4.79 Å². The lowest BCUT2D eigenvalue weighted by Crippen LogP contribution is -2.29. The monoisotopic (exact) mass is 256 g/mol. The Morgan fingerprint density at radius 3 is 2.84 bits per heavy atom. The molecule has 0 atom stereocenters. The van der Waals surface area contributed by atoms with Gasteiger partial charge in [-0.05, 0) is 18.8 Å². The van der Waals surface area contributed by atoms with Crippen LogP contribution in [0.25, 0.3) is 11.3 Å². The van der Waals surface area contributed by atoms with Crippen LogP contribution in [0.15, 0.2) is 36.5 Å². The van der Waals surface area contributed by atoms with E-state index in [4.69, 9.17) is 0 Å². The van der Waals surface area contributed by atoms with Gasteiger partial charge in [-0.3, -0.25) is 4.79 Å². The molecule has 1 aliphatic rings. The highest BCUT2D eigenvalue weighted by atomic mass is 16.2. The second-order valence-electron chi connectivity index (χ2n) is 4.91. The SMILES string of the molecule is O=C(Cn1cc(-c2ccccc2)nn1)NCC1CC1. The zero-order valence-corrected chi connectivity index (χ0v) is 10.6. The Labute approximate surface area is 111 Å². The molecule has 1 amide bonds. The lowest BCUT2D eigenvalue weighted by Gasteiger charge is -2.02. The number of rotatable bonds is 5. The predicted molar refractivity (Wildman–Crippen MR) is 71.2 cm³/mol. The van der Waals surface area contributed by atoms with E-state index in [2.05, 4.69) is 15.6 Å². The van der Waals surface area contributed by atoms with Crippen molar-refractivity contribution in [2.24, 2.45) is 5.92 Å². The molecule has 1 fully saturated rings. The Kier molecular flexibility index (Phi) is 3.27. The molecular formula is C14H16N4O. The van der Waals surface area contributed by atoms with E-state index in [1.54, 1.807) is 10.9 Å². The highest BCUT2D eigenvalue weighted by Gasteiger charge is 2.21. The van der Waals surface area contributed by atoms with Gasteiger partial charge in [0, 0.05) is 12.1 Å². The molecule has 1 aliphatic carbocycles. The van der Waals surface area contributed by atoms with Crippen LogP contribution >= 0.6 is 0 Å². The Bertz CT molecular complexity index is 560. The minimum Gasteiger partial charge on any atom is -0.354 e. The number of amides is 1. The van der Waals surface area contributed by atoms with Gasteiger partial charge in [-0.25, -0.2) is 4.68 Å². The molecule has 0 bridgehead atoms. The molecule has 1 aromatic heterocycles. The summed E-state index contributed by atoms with van der Waals surface area (Å²) in [4.78, 5) is 11.7. The van der Waals surface area contributed by atoms with Crippen LogP contribution in [-0.4, -0.2) is 27.4 Å². The third kappa shape index (κ3) is 3.19. The molecule has 98 valence electrons. The first-order chi connectivity index (χ1) is 9.31. The summed E-state index contributed by atoms with van der Waals surface area (Å²) in [6.07, 6.45) is 4.27. The van der Waals surface area contributed by atoms with Crippen LogP contribution in [-0.2, 0) is 11.3 Å². The normalized spacial score (nSPS) is 14.3. The van der Waals surface area contributed by atoms with Crippen LogP contribution in [0.2, 0.25) is 0 Å². The smallest absolute Gasteiger partial charge is 0.241 e. The van der Waals surface area contributed by atoms with Crippen LogP contribution in [0.4, 0.5) is 0 Å². The van der Waals surface area contributed by atoms with Crippen molar-refractivity contribution in [2.45, 2.75) is 19.4 Å². The lowest BCUT2D eigenvalue weighted by molar-refractivity contribution is -0.121. The van der Waals surface area contributed by atoms with E-state index in [1.807, 2.05) is 30.3 Å². The van der Waals surface area contributed by atoms with Crippen LogP contribution in [0.3, 0.4) is 0 Å². The summed E-state index contributed by atoms with van der Waals surface area (Å²) in [5.41, 5.74) is 1.79. The van der Waals surface area contributed by atoms with Gasteiger partial charge in [-0.15, -0.1) is 5.10 Å². The highest BCUT2D eigenvalue weighted by molar-refractivity contribution is 5.75. The molecule has 1 saturated carbocycles. The number of carbonyl (C=O) groups is 1. The van der Waals surface area contributed by atoms with Crippen molar-refractivity contribution >= 4 is 5.91 Å². The van der Waals surface area contributed by atoms with Crippen LogP contribution in [0.5, 0.6) is 0 Å². The van der Waals surface area contributed by atoms with Gasteiger partial charge >= 0.3 is 0 Å². The molecule has 2 aromatic rings. The number of carbonyl (C=O) groups excluding carboxylic acids is 1. The van der Waals surface area contributed by atoms with Gasteiger partial charge in [-0.1, -0.05) is 35.5 Å². The Balaban J connectivity index is 1.59. The first kappa shape index (κ1) is 11.9. The van der Waals surface area contributed by atoms with Crippen LogP contribution in [0, 0.1) is 5.92 Å². The molecule has 1 aromatic carbocycles. The molecule has 0 aliphatic heterocycles. The highest BCUT2D eigenvalue weighted by Crippen LogP contribution is 2.27. The maximum absolute atomic E-state index is 11.7. The minimum atomic E-state index is -0.00332. The largest absolute Gasteiger partial charge is 0.354 e. The maximum Gasteiger partial charge on any atom is 0.241 e. The molecule has 0 saturated heterocycles. The number of nitrogens with one attached hydrogen (secondary N) is 1. The summed E-state index contributed by atoms with van der Waals surface area (Å²) in [6, 6.07) is 9.82. The topological polar surface area (TPSA) is 59.8 Å². The summed E-state index contributed by atoms with van der Waals surface area (Å²) in [6.45, 7) is 1.02. The van der Waals surface area contributed by atoms with E-state index in [0.717, 1.165) is 17.8 Å². The summed E-state index contributed by atoms with van der Waals surface area (Å²) in [5.74, 6) is 0.691. The van der Waals surface area contributed by atoms with Crippen molar-refractivity contribution in [1.82, 2.24) is 20.3 Å². The molecule has 3 rings (SSSR count). The summed E-state index contributed by atoms with van der Waals surface area (Å²) in [5, 5.41) is 11.0. The van der Waals surface area contributed by atoms with Crippen molar-refractivity contribution in [3.63, 3.8) is 0 Å². The molecular weight excluding hydrogens is 240 g/mol. The van der Waals surface area contributed by atoms with Gasteiger partial charge in [0.25, 0.3) is 0 Å². The molecule has 5 nitrogen and oxygen atoms in total.